The molecular formula is C33H20N8O. The number of carbonyl (C=O) groups excluding carboxylic acids is 1. The maximum absolute atomic E-state index is 15.0. The van der Waals surface area contributed by atoms with Crippen molar-refractivity contribution >= 4 is 50.9 Å². The van der Waals surface area contributed by atoms with Crippen LogP contribution in [0.1, 0.15) is 34.6 Å². The van der Waals surface area contributed by atoms with Crippen LogP contribution in [0.3, 0.4) is 0 Å². The second kappa shape index (κ2) is 7.67. The molecule has 198 valence electrons. The van der Waals surface area contributed by atoms with E-state index in [0.717, 1.165) is 43.8 Å². The summed E-state index contributed by atoms with van der Waals surface area (Å²) >= 11 is 0. The summed E-state index contributed by atoms with van der Waals surface area (Å²) in [5.41, 5.74) is 5.01. The number of anilines is 1. The lowest BCUT2D eigenvalue weighted by atomic mass is 10.1. The van der Waals surface area contributed by atoms with Crippen LogP contribution in [0.2, 0.25) is 0 Å². The molecule has 42 heavy (non-hydrogen) atoms. The van der Waals surface area contributed by atoms with Crippen LogP contribution in [-0.2, 0) is 0 Å². The van der Waals surface area contributed by atoms with Crippen LogP contribution in [0.5, 0.6) is 0 Å². The first kappa shape index (κ1) is 21.9. The van der Waals surface area contributed by atoms with Crippen molar-refractivity contribution in [2.24, 2.45) is 20.0 Å². The smallest absolute Gasteiger partial charge is 0.339 e. The first-order valence-electron chi connectivity index (χ1n) is 13.9. The van der Waals surface area contributed by atoms with Crippen molar-refractivity contribution in [3.63, 3.8) is 0 Å². The number of aliphatic imine (C=N–C) groups is 2. The molecule has 4 aliphatic rings. The minimum Gasteiger partial charge on any atom is -0.345 e. The molecule has 0 radical (unpaired) electrons. The maximum atomic E-state index is 15.0. The highest BCUT2D eigenvalue weighted by atomic mass is 16.2. The summed E-state index contributed by atoms with van der Waals surface area (Å²) in [6, 6.07) is 31.8. The van der Waals surface area contributed by atoms with Crippen LogP contribution in [0.15, 0.2) is 117 Å². The van der Waals surface area contributed by atoms with Crippen molar-refractivity contribution in [3.05, 3.63) is 130 Å². The molecule has 0 fully saturated rings. The van der Waals surface area contributed by atoms with E-state index in [1.54, 1.807) is 9.47 Å². The molecule has 2 aromatic heterocycles. The van der Waals surface area contributed by atoms with Crippen molar-refractivity contribution in [2.75, 3.05) is 5.32 Å². The van der Waals surface area contributed by atoms with Crippen LogP contribution < -0.4 is 16.3 Å². The molecule has 0 saturated heterocycles. The normalized spacial score (nSPS) is 19.3. The van der Waals surface area contributed by atoms with Crippen molar-refractivity contribution < 1.29 is 4.79 Å². The van der Waals surface area contributed by atoms with Gasteiger partial charge in [0.15, 0.2) is 17.8 Å². The number of H-pyrrole nitrogens is 1. The summed E-state index contributed by atoms with van der Waals surface area (Å²) in [7, 11) is 0. The Hall–Kier alpha value is -5.83. The van der Waals surface area contributed by atoms with Gasteiger partial charge in [0, 0.05) is 43.8 Å². The molecular weight excluding hydrogens is 524 g/mol. The van der Waals surface area contributed by atoms with E-state index < -0.39 is 12.3 Å². The Morgan fingerprint density at radius 2 is 1.31 bits per heavy atom. The van der Waals surface area contributed by atoms with Gasteiger partial charge in [-0.3, -0.25) is 0 Å². The van der Waals surface area contributed by atoms with Gasteiger partial charge in [-0.2, -0.15) is 0 Å². The molecule has 6 aromatic rings. The van der Waals surface area contributed by atoms with E-state index in [-0.39, 0.29) is 6.03 Å². The van der Waals surface area contributed by atoms with Crippen LogP contribution in [0, 0.1) is 0 Å². The van der Waals surface area contributed by atoms with E-state index in [4.69, 9.17) is 20.0 Å². The van der Waals surface area contributed by atoms with Gasteiger partial charge in [-0.05, 0) is 0 Å². The Balaban J connectivity index is 1.43. The topological polar surface area (TPSA) is 102 Å². The molecule has 0 saturated carbocycles. The van der Waals surface area contributed by atoms with E-state index in [1.165, 1.54) is 0 Å². The molecule has 10 rings (SSSR count). The molecule has 2 unspecified atom stereocenters. The molecule has 9 nitrogen and oxygen atoms in total. The van der Waals surface area contributed by atoms with Gasteiger partial charge in [0.2, 0.25) is 0 Å². The third-order valence-electron chi connectivity index (χ3n) is 8.58. The molecule has 6 bridgehead atoms. The van der Waals surface area contributed by atoms with Crippen molar-refractivity contribution in [1.29, 1.82) is 0 Å². The molecule has 6 heterocycles. The minimum atomic E-state index is -0.654. The largest absolute Gasteiger partial charge is 0.345 e. The summed E-state index contributed by atoms with van der Waals surface area (Å²) < 4.78 is 1.68. The molecule has 2 atom stereocenters. The number of hydrogen-bond acceptors (Lipinski definition) is 6. The van der Waals surface area contributed by atoms with Gasteiger partial charge in [0.05, 0.1) is 0 Å². The third-order valence-corrected chi connectivity index (χ3v) is 8.58. The van der Waals surface area contributed by atoms with Crippen LogP contribution in [-0.4, -0.2) is 32.2 Å². The van der Waals surface area contributed by atoms with Crippen LogP contribution in [0.4, 0.5) is 16.4 Å². The first-order valence-corrected chi connectivity index (χ1v) is 13.9. The molecule has 4 aromatic carbocycles. The lowest BCUT2D eigenvalue weighted by Crippen LogP contribution is -2.39. The van der Waals surface area contributed by atoms with Crippen molar-refractivity contribution in [2.45, 2.75) is 12.3 Å². The third kappa shape index (κ3) is 2.69. The van der Waals surface area contributed by atoms with Crippen molar-refractivity contribution in [3.8, 4) is 0 Å². The fourth-order valence-electron chi connectivity index (χ4n) is 6.72. The minimum absolute atomic E-state index is 0.284. The summed E-state index contributed by atoms with van der Waals surface area (Å²) in [4.78, 5) is 40.8. The fraction of sp³-hybridized carbons (Fsp3) is 0.0606. The summed E-state index contributed by atoms with van der Waals surface area (Å²) in [5.74, 6) is 2.27. The van der Waals surface area contributed by atoms with E-state index in [2.05, 4.69) is 16.4 Å². The quantitative estimate of drug-likeness (QED) is 0.270. The van der Waals surface area contributed by atoms with E-state index >= 15 is 4.79 Å². The number of rotatable bonds is 0. The van der Waals surface area contributed by atoms with E-state index in [1.807, 2.05) is 91.0 Å². The number of aromatic amines is 1. The Labute approximate surface area is 237 Å². The Bertz CT molecular complexity index is 2390. The standard InChI is InChI=1S/C33H20N8O/c42-33-40-29-21-13-5-6-14-22(21)31(40)38-27-19-11-3-4-12-20(19)28(35-27)39-32-24-16-8-7-15-23(24)30(41(32)33)37-26-18-10-2-1-9-17(18)25(34-26)36-29/h1-16,25,32,36H,(H,35,38,39). The number of fused-ring (bicyclic) bond motifs is 15. The van der Waals surface area contributed by atoms with Gasteiger partial charge in [-0.1, -0.05) is 97.1 Å². The Morgan fingerprint density at radius 1 is 0.643 bits per heavy atom. The zero-order chi connectivity index (χ0) is 27.5. The second-order valence-electron chi connectivity index (χ2n) is 10.8. The van der Waals surface area contributed by atoms with Gasteiger partial charge >= 0.3 is 6.03 Å². The summed E-state index contributed by atoms with van der Waals surface area (Å²) in [5, 5.41) is 7.23. The number of carbonyl (C=O) groups is 1. The maximum Gasteiger partial charge on any atom is 0.339 e. The average molecular weight is 545 g/mol. The Morgan fingerprint density at radius 3 is 2.14 bits per heavy atom. The van der Waals surface area contributed by atoms with E-state index in [9.17, 15) is 0 Å². The predicted octanol–water partition coefficient (Wildman–Crippen LogP) is 5.32. The van der Waals surface area contributed by atoms with Gasteiger partial charge in [-0.15, -0.1) is 0 Å². The second-order valence-corrected chi connectivity index (χ2v) is 10.8. The van der Waals surface area contributed by atoms with E-state index in [0.29, 0.717) is 34.3 Å². The van der Waals surface area contributed by atoms with Gasteiger partial charge < -0.3 is 10.3 Å². The summed E-state index contributed by atoms with van der Waals surface area (Å²) in [6.07, 6.45) is -1.08. The number of amidine groups is 2. The molecule has 2 N–H and O–H groups in total. The number of nitrogens with zero attached hydrogens (tertiary/aromatic N) is 6. The van der Waals surface area contributed by atoms with Gasteiger partial charge in [0.25, 0.3) is 0 Å². The lowest BCUT2D eigenvalue weighted by molar-refractivity contribution is 0.214. The average Bonchev–Trinajstić information content (AvgIpc) is 3.74. The number of hydrogen-bond donors (Lipinski definition) is 2. The highest BCUT2D eigenvalue weighted by molar-refractivity contribution is 6.21. The number of nitrogens with one attached hydrogen (secondary N) is 2. The molecule has 0 spiro atoms. The fourth-order valence-corrected chi connectivity index (χ4v) is 6.72. The van der Waals surface area contributed by atoms with Gasteiger partial charge in [-0.25, -0.2) is 34.2 Å². The highest BCUT2D eigenvalue weighted by Crippen LogP contribution is 2.44. The number of aromatic nitrogens is 2. The lowest BCUT2D eigenvalue weighted by Gasteiger charge is -2.25. The molecule has 4 aliphatic heterocycles. The molecule has 1 amide bonds. The molecule has 0 aliphatic carbocycles. The number of benzene rings is 4. The first-order chi connectivity index (χ1) is 20.7. The SMILES string of the molecule is O=C1N2C3=NC4=NC(Nc5c6ccccc6c(n51)N=c1[nH]c(c5ccccc15)=NC2c1ccccc13)c1ccccc14. The summed E-state index contributed by atoms with van der Waals surface area (Å²) in [6.45, 7) is 0. The number of amides is 1. The van der Waals surface area contributed by atoms with Gasteiger partial charge in [0.1, 0.15) is 28.8 Å². The van der Waals surface area contributed by atoms with Crippen LogP contribution in [0.25, 0.3) is 21.5 Å². The zero-order valence-electron chi connectivity index (χ0n) is 22.0. The monoisotopic (exact) mass is 544 g/mol. The zero-order valence-corrected chi connectivity index (χ0v) is 22.0. The predicted molar refractivity (Wildman–Crippen MR) is 160 cm³/mol. The Kier molecular flexibility index (Phi) is 4.00. The van der Waals surface area contributed by atoms with Crippen LogP contribution >= 0.6 is 0 Å². The molecule has 9 heteroatoms. The van der Waals surface area contributed by atoms with Crippen molar-refractivity contribution in [1.82, 2.24) is 14.5 Å². The highest BCUT2D eigenvalue weighted by Gasteiger charge is 2.43.